The molecule has 0 aliphatic rings. The Labute approximate surface area is 119 Å². The van der Waals surface area contributed by atoms with Crippen LogP contribution in [-0.2, 0) is 0 Å². The van der Waals surface area contributed by atoms with Gasteiger partial charge in [-0.25, -0.2) is 9.59 Å². The molecule has 0 fully saturated rings. The van der Waals surface area contributed by atoms with Crippen LogP contribution in [0, 0.1) is 0 Å². The minimum atomic E-state index is -1.06. The highest BCUT2D eigenvalue weighted by atomic mass is 16.4. The molecule has 0 saturated carbocycles. The Kier molecular flexibility index (Phi) is 6.22. The Morgan fingerprint density at radius 3 is 2.00 bits per heavy atom. The minimum absolute atomic E-state index is 0.0139. The molecule has 4 nitrogen and oxygen atoms in total. The molecule has 0 aliphatic heterocycles. The Morgan fingerprint density at radius 2 is 1.60 bits per heavy atom. The van der Waals surface area contributed by atoms with Crippen LogP contribution < -0.4 is 0 Å². The summed E-state index contributed by atoms with van der Waals surface area (Å²) in [4.78, 5) is 22.7. The quantitative estimate of drug-likeness (QED) is 0.700. The molecule has 0 saturated heterocycles. The lowest BCUT2D eigenvalue weighted by atomic mass is 9.84. The van der Waals surface area contributed by atoms with E-state index in [-0.39, 0.29) is 17.0 Å². The van der Waals surface area contributed by atoms with Crippen molar-refractivity contribution in [3.63, 3.8) is 0 Å². The summed E-state index contributed by atoms with van der Waals surface area (Å²) in [5.41, 5.74) is 0.715. The molecule has 1 rings (SSSR count). The van der Waals surface area contributed by atoms with Crippen molar-refractivity contribution < 1.29 is 19.8 Å². The van der Waals surface area contributed by atoms with Crippen LogP contribution in [0.25, 0.3) is 0 Å². The van der Waals surface area contributed by atoms with Crippen molar-refractivity contribution in [2.75, 3.05) is 0 Å². The second-order valence-electron chi connectivity index (χ2n) is 4.98. The van der Waals surface area contributed by atoms with E-state index in [2.05, 4.69) is 6.92 Å². The zero-order chi connectivity index (χ0) is 15.1. The van der Waals surface area contributed by atoms with E-state index in [0.29, 0.717) is 5.56 Å². The van der Waals surface area contributed by atoms with Crippen LogP contribution in [0.1, 0.15) is 78.1 Å². The second-order valence-corrected chi connectivity index (χ2v) is 4.98. The summed E-state index contributed by atoms with van der Waals surface area (Å²) in [6.07, 6.45) is 4.72. The summed E-state index contributed by atoms with van der Waals surface area (Å²) in [7, 11) is 0. The van der Waals surface area contributed by atoms with E-state index in [1.807, 2.05) is 6.92 Å². The molecule has 0 bridgehead atoms. The van der Waals surface area contributed by atoms with Gasteiger partial charge in [-0.2, -0.15) is 0 Å². The van der Waals surface area contributed by atoms with Crippen LogP contribution in [0.4, 0.5) is 0 Å². The van der Waals surface area contributed by atoms with Gasteiger partial charge in [-0.3, -0.25) is 0 Å². The van der Waals surface area contributed by atoms with E-state index in [9.17, 15) is 19.8 Å². The maximum atomic E-state index is 11.4. The zero-order valence-corrected chi connectivity index (χ0v) is 12.1. The third-order valence-electron chi connectivity index (χ3n) is 3.62. The summed E-state index contributed by atoms with van der Waals surface area (Å²) in [6.45, 7) is 4.08. The number of hydrogen-bond donors (Lipinski definition) is 2. The second kappa shape index (κ2) is 7.68. The maximum Gasteiger partial charge on any atom is 0.335 e. The molecule has 0 radical (unpaired) electrons. The molecule has 0 spiro atoms. The van der Waals surface area contributed by atoms with Crippen molar-refractivity contribution in [2.24, 2.45) is 0 Å². The topological polar surface area (TPSA) is 74.6 Å². The van der Waals surface area contributed by atoms with Crippen LogP contribution in [0.3, 0.4) is 0 Å². The molecule has 2 N–H and O–H groups in total. The van der Waals surface area contributed by atoms with E-state index in [1.54, 1.807) is 0 Å². The van der Waals surface area contributed by atoms with E-state index < -0.39 is 11.9 Å². The molecule has 4 heteroatoms. The maximum absolute atomic E-state index is 11.4. The Balaban J connectivity index is 3.22. The van der Waals surface area contributed by atoms with Gasteiger partial charge in [0.15, 0.2) is 0 Å². The first-order valence-electron chi connectivity index (χ1n) is 7.12. The first-order valence-corrected chi connectivity index (χ1v) is 7.12. The monoisotopic (exact) mass is 278 g/mol. The largest absolute Gasteiger partial charge is 0.478 e. The molecular weight excluding hydrogens is 256 g/mol. The van der Waals surface area contributed by atoms with Gasteiger partial charge in [0.1, 0.15) is 0 Å². The molecule has 20 heavy (non-hydrogen) atoms. The van der Waals surface area contributed by atoms with Crippen molar-refractivity contribution >= 4 is 11.9 Å². The summed E-state index contributed by atoms with van der Waals surface area (Å²) >= 11 is 0. The van der Waals surface area contributed by atoms with E-state index in [4.69, 9.17) is 0 Å². The van der Waals surface area contributed by atoms with Gasteiger partial charge in [0.05, 0.1) is 11.1 Å². The number of aromatic carboxylic acids is 2. The van der Waals surface area contributed by atoms with Crippen LogP contribution >= 0.6 is 0 Å². The van der Waals surface area contributed by atoms with E-state index in [1.165, 1.54) is 18.2 Å². The predicted octanol–water partition coefficient (Wildman–Crippen LogP) is 4.16. The number of carboxylic acid groups (broad SMARTS) is 2. The first kappa shape index (κ1) is 16.2. The molecule has 0 amide bonds. The average molecular weight is 278 g/mol. The van der Waals surface area contributed by atoms with Gasteiger partial charge >= 0.3 is 11.9 Å². The molecule has 0 aliphatic carbocycles. The highest BCUT2D eigenvalue weighted by Gasteiger charge is 2.23. The number of benzene rings is 1. The SMILES string of the molecule is CCCCCC(CC)c1c(C(=O)O)cccc1C(=O)O. The standard InChI is InChI=1S/C16H22O4/c1-3-5-6-8-11(4-2)14-12(15(17)18)9-7-10-13(14)16(19)20/h7,9-11H,3-6,8H2,1-2H3,(H,17,18)(H,19,20). The average Bonchev–Trinajstić information content (AvgIpc) is 2.43. The molecular formula is C16H22O4. The molecule has 1 aromatic rings. The van der Waals surface area contributed by atoms with Crippen LogP contribution in [0.5, 0.6) is 0 Å². The van der Waals surface area contributed by atoms with Crippen molar-refractivity contribution in [1.29, 1.82) is 0 Å². The highest BCUT2D eigenvalue weighted by Crippen LogP contribution is 2.31. The van der Waals surface area contributed by atoms with Gasteiger partial charge < -0.3 is 10.2 Å². The van der Waals surface area contributed by atoms with Crippen LogP contribution in [-0.4, -0.2) is 22.2 Å². The van der Waals surface area contributed by atoms with Crippen molar-refractivity contribution in [1.82, 2.24) is 0 Å². The molecule has 1 aromatic carbocycles. The van der Waals surface area contributed by atoms with Gasteiger partial charge in [0.2, 0.25) is 0 Å². The minimum Gasteiger partial charge on any atom is -0.478 e. The van der Waals surface area contributed by atoms with Gasteiger partial charge in [-0.1, -0.05) is 39.2 Å². The smallest absolute Gasteiger partial charge is 0.335 e. The lowest BCUT2D eigenvalue weighted by Crippen LogP contribution is -2.13. The Bertz CT molecular complexity index is 447. The molecule has 0 heterocycles. The number of carboxylic acids is 2. The third kappa shape index (κ3) is 3.83. The van der Waals surface area contributed by atoms with Gasteiger partial charge in [0, 0.05) is 0 Å². The van der Waals surface area contributed by atoms with Crippen molar-refractivity contribution in [3.05, 3.63) is 34.9 Å². The van der Waals surface area contributed by atoms with Gasteiger partial charge in [-0.05, 0) is 36.5 Å². The lowest BCUT2D eigenvalue weighted by Gasteiger charge is -2.19. The van der Waals surface area contributed by atoms with Crippen LogP contribution in [0.15, 0.2) is 18.2 Å². The van der Waals surface area contributed by atoms with Crippen molar-refractivity contribution in [2.45, 2.75) is 51.9 Å². The Morgan fingerprint density at radius 1 is 1.05 bits per heavy atom. The van der Waals surface area contributed by atoms with E-state index in [0.717, 1.165) is 32.1 Å². The summed E-state index contributed by atoms with van der Waals surface area (Å²) in [5, 5.41) is 18.6. The zero-order valence-electron chi connectivity index (χ0n) is 12.1. The fourth-order valence-electron chi connectivity index (χ4n) is 2.57. The summed E-state index contributed by atoms with van der Waals surface area (Å²) in [5.74, 6) is -2.13. The number of unbranched alkanes of at least 4 members (excludes halogenated alkanes) is 2. The number of hydrogen-bond acceptors (Lipinski definition) is 2. The normalized spacial score (nSPS) is 12.1. The first-order chi connectivity index (χ1) is 9.52. The number of carbonyl (C=O) groups is 2. The Hall–Kier alpha value is -1.84. The lowest BCUT2D eigenvalue weighted by molar-refractivity contribution is 0.0694. The summed E-state index contributed by atoms with van der Waals surface area (Å²) < 4.78 is 0. The molecule has 0 aromatic heterocycles. The number of rotatable bonds is 8. The summed E-state index contributed by atoms with van der Waals surface area (Å²) in [6, 6.07) is 4.48. The van der Waals surface area contributed by atoms with Gasteiger partial charge in [-0.15, -0.1) is 0 Å². The molecule has 1 atom stereocenters. The predicted molar refractivity (Wildman–Crippen MR) is 77.5 cm³/mol. The highest BCUT2D eigenvalue weighted by molar-refractivity contribution is 5.96. The molecule has 1 unspecified atom stereocenters. The fraction of sp³-hybridized carbons (Fsp3) is 0.500. The van der Waals surface area contributed by atoms with E-state index >= 15 is 0 Å². The fourth-order valence-corrected chi connectivity index (χ4v) is 2.57. The third-order valence-corrected chi connectivity index (χ3v) is 3.62. The van der Waals surface area contributed by atoms with Gasteiger partial charge in [0.25, 0.3) is 0 Å². The van der Waals surface area contributed by atoms with Crippen molar-refractivity contribution in [3.8, 4) is 0 Å². The molecule has 110 valence electrons. The van der Waals surface area contributed by atoms with Crippen LogP contribution in [0.2, 0.25) is 0 Å².